The molecule has 0 aromatic carbocycles. The van der Waals surface area contributed by atoms with Crippen LogP contribution in [0.2, 0.25) is 0 Å². The van der Waals surface area contributed by atoms with Crippen LogP contribution in [0.3, 0.4) is 0 Å². The molecule has 18 N–H and O–H groups in total. The molecule has 0 radical (unpaired) electrons. The zero-order chi connectivity index (χ0) is 56.0. The first-order chi connectivity index (χ1) is 34.2. The fraction of sp³-hybridized carbons (Fsp3) is 0.796. The van der Waals surface area contributed by atoms with Crippen LogP contribution in [0.4, 0.5) is 0 Å². The van der Waals surface area contributed by atoms with E-state index in [-0.39, 0.29) is 55.8 Å². The third kappa shape index (κ3) is 28.0. The molecule has 0 aliphatic rings. The summed E-state index contributed by atoms with van der Waals surface area (Å²) in [5.41, 5.74) is 22.3. The van der Waals surface area contributed by atoms with Gasteiger partial charge in [0.2, 0.25) is 59.1 Å². The number of hydrogen-bond acceptors (Lipinski definition) is 14. The van der Waals surface area contributed by atoms with E-state index < -0.39 is 114 Å². The van der Waals surface area contributed by atoms with Crippen LogP contribution in [0, 0.1) is 17.8 Å². The van der Waals surface area contributed by atoms with Gasteiger partial charge in [0.1, 0.15) is 54.4 Å². The van der Waals surface area contributed by atoms with E-state index in [2.05, 4.69) is 53.2 Å². The minimum atomic E-state index is -1.22. The molecule has 10 atom stereocenters. The number of likely N-dealkylation sites (N-methyl/N-ethyl adjacent to an activating group) is 1. The van der Waals surface area contributed by atoms with Gasteiger partial charge in [-0.3, -0.25) is 47.9 Å². The third-order valence-electron chi connectivity index (χ3n) is 11.8. The van der Waals surface area contributed by atoms with Crippen molar-refractivity contribution in [3.63, 3.8) is 0 Å². The molecule has 0 saturated carbocycles. The van der Waals surface area contributed by atoms with Crippen LogP contribution in [-0.4, -0.2) is 146 Å². The number of primary amides is 1. The Labute approximate surface area is 433 Å². The molecule has 0 aromatic heterocycles. The van der Waals surface area contributed by atoms with Crippen molar-refractivity contribution < 1.29 is 47.9 Å². The van der Waals surface area contributed by atoms with Gasteiger partial charge in [0.25, 0.3) is 0 Å². The molecule has 0 heterocycles. The van der Waals surface area contributed by atoms with Crippen molar-refractivity contribution in [3.8, 4) is 0 Å². The molecule has 0 rings (SSSR count). The summed E-state index contributed by atoms with van der Waals surface area (Å²) in [4.78, 5) is 133. The molecule has 0 fully saturated rings. The van der Waals surface area contributed by atoms with Crippen molar-refractivity contribution >= 4 is 59.1 Å². The van der Waals surface area contributed by atoms with Crippen LogP contribution >= 0.6 is 0 Å². The molecular weight excluding hydrogens is 945 g/mol. The summed E-state index contributed by atoms with van der Waals surface area (Å²) in [6.45, 7) is 17.9. The van der Waals surface area contributed by atoms with Crippen LogP contribution in [0.5, 0.6) is 0 Å². The molecule has 0 aliphatic carbocycles. The molecule has 0 spiro atoms. The summed E-state index contributed by atoms with van der Waals surface area (Å²) in [7, 11) is 1.64. The summed E-state index contributed by atoms with van der Waals surface area (Å²) < 4.78 is 0. The number of unbranched alkanes of at least 4 members (excludes halogenated alkanes) is 3. The highest BCUT2D eigenvalue weighted by atomic mass is 16.2. The van der Waals surface area contributed by atoms with Gasteiger partial charge in [-0.25, -0.2) is 0 Å². The van der Waals surface area contributed by atoms with Gasteiger partial charge in [-0.1, -0.05) is 48.0 Å². The molecule has 0 saturated heterocycles. The molecule has 24 heteroatoms. The second kappa shape index (κ2) is 36.5. The highest BCUT2D eigenvalue weighted by Gasteiger charge is 2.34. The molecule has 24 nitrogen and oxygen atoms in total. The lowest BCUT2D eigenvalue weighted by molar-refractivity contribution is -0.136. The van der Waals surface area contributed by atoms with E-state index in [9.17, 15) is 47.9 Å². The Morgan fingerprint density at radius 2 is 0.548 bits per heavy atom. The standard InChI is InChI=1S/C49H94N14O10/c1-27(2)24-37(47(71)55-30(7)40(53)64)62-46(70)36(20-14-17-23-52)60-49(73)39(26-29(5)6)61-43(67)33(10)58-48(72)38(25-28(3)4)63-45(69)35(19-13-16-22-51)59-42(66)32(9)56-41(65)31(8)57-44(68)34(54-11)18-12-15-21-50/h27-39,54H,12-26,50-52H2,1-11H3,(H2,53,64)(H,55,71)(H,56,65)(H,57,68)(H,58,72)(H,59,66)(H,60,73)(H,61,67)(H,62,70)(H,63,69)/t30-,31-,32-,33-,34-,35-,36-,37-,38-,39-/m0/s1. The normalized spacial score (nSPS) is 15.5. The second-order valence-electron chi connectivity index (χ2n) is 20.2. The lowest BCUT2D eigenvalue weighted by Gasteiger charge is -2.28. The number of hydrogen-bond donors (Lipinski definition) is 14. The molecule has 0 unspecified atom stereocenters. The van der Waals surface area contributed by atoms with Gasteiger partial charge >= 0.3 is 0 Å². The van der Waals surface area contributed by atoms with Gasteiger partial charge < -0.3 is 76.1 Å². The van der Waals surface area contributed by atoms with Crippen molar-refractivity contribution in [2.75, 3.05) is 26.7 Å². The van der Waals surface area contributed by atoms with Crippen LogP contribution in [0.25, 0.3) is 0 Å². The van der Waals surface area contributed by atoms with E-state index in [4.69, 9.17) is 22.9 Å². The quantitative estimate of drug-likeness (QED) is 0.0299. The highest BCUT2D eigenvalue weighted by Crippen LogP contribution is 2.12. The largest absolute Gasteiger partial charge is 0.368 e. The molecule has 0 bridgehead atoms. The summed E-state index contributed by atoms with van der Waals surface area (Å²) in [6.07, 6.45) is 4.72. The predicted octanol–water partition coefficient (Wildman–Crippen LogP) is -1.97. The average molecular weight is 1040 g/mol. The summed E-state index contributed by atoms with van der Waals surface area (Å²) in [5.74, 6) is -6.85. The maximum absolute atomic E-state index is 14.0. The van der Waals surface area contributed by atoms with Crippen LogP contribution in [0.1, 0.15) is 146 Å². The Hall–Kier alpha value is -5.46. The first-order valence-electron chi connectivity index (χ1n) is 26.0. The van der Waals surface area contributed by atoms with Crippen LogP contribution < -0.4 is 76.1 Å². The first kappa shape index (κ1) is 67.5. The topological polar surface area (TPSA) is 395 Å². The number of rotatable bonds is 38. The predicted molar refractivity (Wildman–Crippen MR) is 279 cm³/mol. The molecule has 0 aliphatic heterocycles. The Bertz CT molecular complexity index is 1770. The Morgan fingerprint density at radius 1 is 0.315 bits per heavy atom. The van der Waals surface area contributed by atoms with E-state index in [0.29, 0.717) is 58.2 Å². The lowest BCUT2D eigenvalue weighted by Crippen LogP contribution is -2.60. The van der Waals surface area contributed by atoms with Crippen molar-refractivity contribution in [2.45, 2.75) is 207 Å². The number of nitrogens with two attached hydrogens (primary N) is 4. The summed E-state index contributed by atoms with van der Waals surface area (Å²) >= 11 is 0. The van der Waals surface area contributed by atoms with E-state index in [1.165, 1.54) is 27.7 Å². The number of amides is 10. The fourth-order valence-electron chi connectivity index (χ4n) is 7.49. The third-order valence-corrected chi connectivity index (χ3v) is 11.8. The Balaban J connectivity index is 6.19. The van der Waals surface area contributed by atoms with Gasteiger partial charge in [-0.15, -0.1) is 0 Å². The van der Waals surface area contributed by atoms with E-state index in [0.717, 1.165) is 6.42 Å². The maximum Gasteiger partial charge on any atom is 0.243 e. The smallest absolute Gasteiger partial charge is 0.243 e. The second-order valence-corrected chi connectivity index (χ2v) is 20.2. The monoisotopic (exact) mass is 1040 g/mol. The van der Waals surface area contributed by atoms with Crippen molar-refractivity contribution in [2.24, 2.45) is 40.7 Å². The minimum absolute atomic E-state index is 0.0459. The zero-order valence-corrected chi connectivity index (χ0v) is 45.5. The van der Waals surface area contributed by atoms with E-state index >= 15 is 0 Å². The summed E-state index contributed by atoms with van der Waals surface area (Å²) in [6, 6.07) is -10.6. The van der Waals surface area contributed by atoms with Gasteiger partial charge in [0, 0.05) is 0 Å². The van der Waals surface area contributed by atoms with Gasteiger partial charge in [0.05, 0.1) is 6.04 Å². The van der Waals surface area contributed by atoms with Gasteiger partial charge in [-0.05, 0) is 143 Å². The summed E-state index contributed by atoms with van der Waals surface area (Å²) in [5, 5.41) is 26.9. The van der Waals surface area contributed by atoms with Crippen molar-refractivity contribution in [1.82, 2.24) is 53.2 Å². The molecule has 420 valence electrons. The Kier molecular flexibility index (Phi) is 33.7. The van der Waals surface area contributed by atoms with Gasteiger partial charge in [-0.2, -0.15) is 0 Å². The first-order valence-corrected chi connectivity index (χ1v) is 26.0. The average Bonchev–Trinajstić information content (AvgIpc) is 3.30. The fourth-order valence-corrected chi connectivity index (χ4v) is 7.49. The lowest BCUT2D eigenvalue weighted by atomic mass is 10.00. The van der Waals surface area contributed by atoms with Gasteiger partial charge in [0.15, 0.2) is 0 Å². The number of carbonyl (C=O) groups excluding carboxylic acids is 10. The molecular formula is C49H94N14O10. The number of carbonyl (C=O) groups is 10. The maximum atomic E-state index is 14.0. The highest BCUT2D eigenvalue weighted by molar-refractivity contribution is 5.98. The van der Waals surface area contributed by atoms with E-state index in [1.54, 1.807) is 7.05 Å². The van der Waals surface area contributed by atoms with Crippen molar-refractivity contribution in [1.29, 1.82) is 0 Å². The van der Waals surface area contributed by atoms with E-state index in [1.807, 2.05) is 41.5 Å². The van der Waals surface area contributed by atoms with Crippen molar-refractivity contribution in [3.05, 3.63) is 0 Å². The molecule has 10 amide bonds. The zero-order valence-electron chi connectivity index (χ0n) is 45.5. The van der Waals surface area contributed by atoms with Crippen LogP contribution in [-0.2, 0) is 47.9 Å². The van der Waals surface area contributed by atoms with Crippen LogP contribution in [0.15, 0.2) is 0 Å². The minimum Gasteiger partial charge on any atom is -0.368 e. The number of nitrogens with one attached hydrogen (secondary N) is 10. The molecule has 0 aromatic rings. The SMILES string of the molecule is CN[C@@H](CCCCN)C(=O)N[C@@H](C)C(=O)N[C@@H](C)C(=O)N[C@@H](CCCCN)C(=O)N[C@@H](CC(C)C)C(=O)N[C@@H](C)C(=O)N[C@@H](CC(C)C)C(=O)N[C@@H](CCCCN)C(=O)N[C@@H](CC(C)C)C(=O)N[C@@H](C)C(N)=O. The molecule has 73 heavy (non-hydrogen) atoms. The Morgan fingerprint density at radius 3 is 0.863 bits per heavy atom.